The van der Waals surface area contributed by atoms with Gasteiger partial charge in [-0.25, -0.2) is 0 Å². The molecule has 1 aromatic heterocycles. The third-order valence-corrected chi connectivity index (χ3v) is 8.10. The molecule has 0 radical (unpaired) electrons. The standard InChI is InChI=1S/C35H30N2/c1-35(2)31-15-8-7-14-27(31)28-17-18-29-30-21-25(24-11-5-4-6-12-24)16-19-32(30)37(34(29)33(28)35)26-13-9-10-23(20-26)22-36-3/h4-21,36H,22H2,1-3H3. The van der Waals surface area contributed by atoms with E-state index in [1.165, 1.54) is 66.4 Å². The van der Waals surface area contributed by atoms with Crippen molar-refractivity contribution in [3.05, 3.63) is 126 Å². The maximum Gasteiger partial charge on any atom is 0.0588 e. The van der Waals surface area contributed by atoms with Crippen LogP contribution >= 0.6 is 0 Å². The number of hydrogen-bond acceptors (Lipinski definition) is 1. The SMILES string of the molecule is CNCc1cccc(-n2c3ccc(-c4ccccc4)cc3c3ccc4c(c32)C(C)(C)c2ccccc2-4)c1. The molecule has 37 heavy (non-hydrogen) atoms. The van der Waals surface area contributed by atoms with Crippen LogP contribution in [0, 0.1) is 0 Å². The summed E-state index contributed by atoms with van der Waals surface area (Å²) in [6.45, 7) is 5.61. The van der Waals surface area contributed by atoms with E-state index in [-0.39, 0.29) is 5.41 Å². The number of fused-ring (bicyclic) bond motifs is 7. The molecule has 180 valence electrons. The normalized spacial score (nSPS) is 13.7. The lowest BCUT2D eigenvalue weighted by atomic mass is 9.81. The van der Waals surface area contributed by atoms with Crippen molar-refractivity contribution in [3.8, 4) is 27.9 Å². The van der Waals surface area contributed by atoms with Gasteiger partial charge in [-0.05, 0) is 70.3 Å². The third kappa shape index (κ3) is 3.22. The molecule has 0 amide bonds. The first-order valence-corrected chi connectivity index (χ1v) is 13.1. The molecular formula is C35H30N2. The first kappa shape index (κ1) is 22.1. The van der Waals surface area contributed by atoms with Crippen molar-refractivity contribution in [2.24, 2.45) is 0 Å². The van der Waals surface area contributed by atoms with Gasteiger partial charge in [-0.15, -0.1) is 0 Å². The largest absolute Gasteiger partial charge is 0.316 e. The monoisotopic (exact) mass is 478 g/mol. The average molecular weight is 479 g/mol. The molecule has 0 fully saturated rings. The van der Waals surface area contributed by atoms with Crippen LogP contribution in [-0.4, -0.2) is 11.6 Å². The zero-order chi connectivity index (χ0) is 25.1. The molecule has 2 heteroatoms. The molecule has 0 bridgehead atoms. The van der Waals surface area contributed by atoms with Gasteiger partial charge in [-0.3, -0.25) is 0 Å². The molecule has 1 aliphatic carbocycles. The Morgan fingerprint density at radius 3 is 2.32 bits per heavy atom. The lowest BCUT2D eigenvalue weighted by molar-refractivity contribution is 0.664. The Bertz CT molecular complexity index is 1800. The predicted octanol–water partition coefficient (Wildman–Crippen LogP) is 8.48. The highest BCUT2D eigenvalue weighted by Crippen LogP contribution is 2.53. The van der Waals surface area contributed by atoms with Gasteiger partial charge in [0.15, 0.2) is 0 Å². The lowest BCUT2D eigenvalue weighted by Gasteiger charge is -2.23. The summed E-state index contributed by atoms with van der Waals surface area (Å²) in [7, 11) is 2.00. The van der Waals surface area contributed by atoms with E-state index in [1.54, 1.807) is 0 Å². The van der Waals surface area contributed by atoms with Crippen LogP contribution in [0.15, 0.2) is 109 Å². The van der Waals surface area contributed by atoms with E-state index in [0.29, 0.717) is 0 Å². The van der Waals surface area contributed by atoms with Crippen LogP contribution in [0.25, 0.3) is 49.7 Å². The van der Waals surface area contributed by atoms with Gasteiger partial charge in [0.05, 0.1) is 11.0 Å². The second-order valence-electron chi connectivity index (χ2n) is 10.7. The second-order valence-corrected chi connectivity index (χ2v) is 10.7. The lowest BCUT2D eigenvalue weighted by Crippen LogP contribution is -2.16. The van der Waals surface area contributed by atoms with Crippen LogP contribution < -0.4 is 5.32 Å². The van der Waals surface area contributed by atoms with E-state index in [0.717, 1.165) is 6.54 Å². The van der Waals surface area contributed by atoms with Crippen molar-refractivity contribution >= 4 is 21.8 Å². The molecule has 1 N–H and O–H groups in total. The van der Waals surface area contributed by atoms with Gasteiger partial charge in [0.2, 0.25) is 0 Å². The van der Waals surface area contributed by atoms with E-state index in [1.807, 2.05) is 7.05 Å². The number of nitrogens with one attached hydrogen (secondary N) is 1. The van der Waals surface area contributed by atoms with Gasteiger partial charge in [0, 0.05) is 28.4 Å². The van der Waals surface area contributed by atoms with Crippen LogP contribution in [-0.2, 0) is 12.0 Å². The topological polar surface area (TPSA) is 17.0 Å². The minimum atomic E-state index is -0.0948. The van der Waals surface area contributed by atoms with E-state index >= 15 is 0 Å². The Morgan fingerprint density at radius 2 is 1.49 bits per heavy atom. The summed E-state index contributed by atoms with van der Waals surface area (Å²) in [5.74, 6) is 0. The molecule has 5 aromatic carbocycles. The second kappa shape index (κ2) is 8.19. The molecule has 0 unspecified atom stereocenters. The molecule has 0 atom stereocenters. The Hall–Kier alpha value is -4.14. The molecule has 0 saturated carbocycles. The summed E-state index contributed by atoms with van der Waals surface area (Å²) in [5.41, 5.74) is 13.0. The fourth-order valence-corrected chi connectivity index (χ4v) is 6.45. The van der Waals surface area contributed by atoms with Crippen molar-refractivity contribution in [1.29, 1.82) is 0 Å². The van der Waals surface area contributed by atoms with Crippen LogP contribution in [0.2, 0.25) is 0 Å². The van der Waals surface area contributed by atoms with Crippen molar-refractivity contribution in [2.75, 3.05) is 7.05 Å². The molecule has 2 nitrogen and oxygen atoms in total. The number of nitrogens with zero attached hydrogens (tertiary/aromatic N) is 1. The van der Waals surface area contributed by atoms with Crippen LogP contribution in [0.1, 0.15) is 30.5 Å². The maximum absolute atomic E-state index is 3.31. The Balaban J connectivity index is 1.61. The minimum Gasteiger partial charge on any atom is -0.316 e. The zero-order valence-corrected chi connectivity index (χ0v) is 21.5. The molecule has 1 heterocycles. The molecule has 0 spiro atoms. The number of rotatable bonds is 4. The van der Waals surface area contributed by atoms with Crippen molar-refractivity contribution in [3.63, 3.8) is 0 Å². The molecule has 0 saturated heterocycles. The molecule has 6 aromatic rings. The highest BCUT2D eigenvalue weighted by atomic mass is 15.0. The van der Waals surface area contributed by atoms with E-state index < -0.39 is 0 Å². The van der Waals surface area contributed by atoms with Gasteiger partial charge in [0.1, 0.15) is 0 Å². The molecule has 7 rings (SSSR count). The van der Waals surface area contributed by atoms with Crippen molar-refractivity contribution in [1.82, 2.24) is 9.88 Å². The van der Waals surface area contributed by atoms with Crippen molar-refractivity contribution < 1.29 is 0 Å². The number of hydrogen-bond donors (Lipinski definition) is 1. The summed E-state index contributed by atoms with van der Waals surface area (Å²) in [5, 5.41) is 5.92. The molecular weight excluding hydrogens is 448 g/mol. The number of benzene rings is 5. The van der Waals surface area contributed by atoms with Gasteiger partial charge < -0.3 is 9.88 Å². The fraction of sp³-hybridized carbons (Fsp3) is 0.143. The van der Waals surface area contributed by atoms with Gasteiger partial charge in [-0.2, -0.15) is 0 Å². The zero-order valence-electron chi connectivity index (χ0n) is 21.5. The summed E-state index contributed by atoms with van der Waals surface area (Å²) in [6, 6.07) is 40.2. The van der Waals surface area contributed by atoms with Crippen molar-refractivity contribution in [2.45, 2.75) is 25.8 Å². The van der Waals surface area contributed by atoms with Crippen LogP contribution in [0.5, 0.6) is 0 Å². The third-order valence-electron chi connectivity index (χ3n) is 8.10. The van der Waals surface area contributed by atoms with E-state index in [2.05, 4.69) is 133 Å². The highest BCUT2D eigenvalue weighted by Gasteiger charge is 2.38. The minimum absolute atomic E-state index is 0.0948. The van der Waals surface area contributed by atoms with Gasteiger partial charge in [0.25, 0.3) is 0 Å². The van der Waals surface area contributed by atoms with E-state index in [4.69, 9.17) is 0 Å². The van der Waals surface area contributed by atoms with E-state index in [9.17, 15) is 0 Å². The van der Waals surface area contributed by atoms with Gasteiger partial charge >= 0.3 is 0 Å². The summed E-state index contributed by atoms with van der Waals surface area (Å²) < 4.78 is 2.51. The van der Waals surface area contributed by atoms with Crippen LogP contribution in [0.3, 0.4) is 0 Å². The maximum atomic E-state index is 3.31. The quantitative estimate of drug-likeness (QED) is 0.269. The molecule has 1 aliphatic rings. The first-order chi connectivity index (χ1) is 18.1. The molecule has 0 aliphatic heterocycles. The summed E-state index contributed by atoms with van der Waals surface area (Å²) >= 11 is 0. The van der Waals surface area contributed by atoms with Crippen LogP contribution in [0.4, 0.5) is 0 Å². The highest BCUT2D eigenvalue weighted by molar-refractivity contribution is 6.14. The average Bonchev–Trinajstić information content (AvgIpc) is 3.38. The number of aromatic nitrogens is 1. The first-order valence-electron chi connectivity index (χ1n) is 13.1. The predicted molar refractivity (Wildman–Crippen MR) is 157 cm³/mol. The van der Waals surface area contributed by atoms with Gasteiger partial charge in [-0.1, -0.05) is 98.8 Å². The fourth-order valence-electron chi connectivity index (χ4n) is 6.45. The Labute approximate surface area is 218 Å². The Kier molecular flexibility index (Phi) is 4.89. The smallest absolute Gasteiger partial charge is 0.0588 e. The summed E-state index contributed by atoms with van der Waals surface area (Å²) in [6.07, 6.45) is 0. The summed E-state index contributed by atoms with van der Waals surface area (Å²) in [4.78, 5) is 0. The Morgan fingerprint density at radius 1 is 0.676 bits per heavy atom.